The minimum absolute atomic E-state index is 0.154. The molecule has 0 unspecified atom stereocenters. The third-order valence-corrected chi connectivity index (χ3v) is 4.73. The van der Waals surface area contributed by atoms with E-state index >= 15 is 0 Å². The highest BCUT2D eigenvalue weighted by Crippen LogP contribution is 2.16. The molecule has 6 nitrogen and oxygen atoms in total. The summed E-state index contributed by atoms with van der Waals surface area (Å²) in [4.78, 5) is 32.3. The van der Waals surface area contributed by atoms with Gasteiger partial charge in [-0.05, 0) is 23.6 Å². The van der Waals surface area contributed by atoms with Gasteiger partial charge in [-0.15, -0.1) is 11.3 Å². The molecule has 0 bridgehead atoms. The highest BCUT2D eigenvalue weighted by Gasteiger charge is 2.22. The van der Waals surface area contributed by atoms with Gasteiger partial charge in [0.15, 0.2) is 0 Å². The second-order valence-electron chi connectivity index (χ2n) is 5.33. The largest absolute Gasteiger partial charge is 0.478 e. The van der Waals surface area contributed by atoms with Gasteiger partial charge < -0.3 is 14.9 Å². The molecule has 0 aliphatic carbocycles. The Morgan fingerprint density at radius 1 is 1.17 bits per heavy atom. The summed E-state index contributed by atoms with van der Waals surface area (Å²) in [6, 6.07) is 7.20. The highest BCUT2D eigenvalue weighted by atomic mass is 32.1. The molecule has 0 atom stereocenters. The third-order valence-electron chi connectivity index (χ3n) is 3.86. The van der Waals surface area contributed by atoms with Crippen LogP contribution in [0, 0.1) is 0 Å². The lowest BCUT2D eigenvalue weighted by Crippen LogP contribution is -2.49. The molecule has 23 heavy (non-hydrogen) atoms. The molecule has 3 heterocycles. The van der Waals surface area contributed by atoms with Crippen LogP contribution in [0.15, 0.2) is 35.8 Å². The molecule has 0 radical (unpaired) electrons. The number of rotatable bonds is 4. The van der Waals surface area contributed by atoms with Crippen LogP contribution in [-0.2, 0) is 11.2 Å². The lowest BCUT2D eigenvalue weighted by molar-refractivity contribution is -0.130. The van der Waals surface area contributed by atoms with E-state index in [1.807, 2.05) is 22.4 Å². The monoisotopic (exact) mass is 331 g/mol. The van der Waals surface area contributed by atoms with Gasteiger partial charge in [-0.1, -0.05) is 6.07 Å². The van der Waals surface area contributed by atoms with E-state index in [1.165, 1.54) is 6.20 Å². The molecule has 1 aliphatic heterocycles. The number of aromatic carboxylic acids is 1. The third kappa shape index (κ3) is 3.68. The first-order valence-electron chi connectivity index (χ1n) is 7.38. The van der Waals surface area contributed by atoms with Gasteiger partial charge in [-0.3, -0.25) is 4.79 Å². The number of carboxylic acids is 1. The van der Waals surface area contributed by atoms with Gasteiger partial charge >= 0.3 is 5.97 Å². The zero-order chi connectivity index (χ0) is 16.2. The van der Waals surface area contributed by atoms with Crippen LogP contribution >= 0.6 is 11.3 Å². The molecule has 1 N–H and O–H groups in total. The molecule has 0 aromatic carbocycles. The van der Waals surface area contributed by atoms with E-state index in [9.17, 15) is 9.59 Å². The van der Waals surface area contributed by atoms with Crippen molar-refractivity contribution in [3.8, 4) is 0 Å². The predicted molar refractivity (Wildman–Crippen MR) is 88.0 cm³/mol. The molecule has 2 aromatic heterocycles. The Bertz CT molecular complexity index is 677. The molecular weight excluding hydrogens is 314 g/mol. The van der Waals surface area contributed by atoms with Crippen LogP contribution in [-0.4, -0.2) is 53.0 Å². The molecule has 1 saturated heterocycles. The van der Waals surface area contributed by atoms with Crippen LogP contribution in [0.25, 0.3) is 0 Å². The molecule has 1 amide bonds. The van der Waals surface area contributed by atoms with Gasteiger partial charge in [0.1, 0.15) is 5.82 Å². The summed E-state index contributed by atoms with van der Waals surface area (Å²) in [5.74, 6) is -0.0744. The molecule has 2 aromatic rings. The normalized spacial score (nSPS) is 14.8. The summed E-state index contributed by atoms with van der Waals surface area (Å²) in [5, 5.41) is 10.9. The Morgan fingerprint density at radius 3 is 2.52 bits per heavy atom. The number of aromatic nitrogens is 1. The minimum Gasteiger partial charge on any atom is -0.478 e. The van der Waals surface area contributed by atoms with E-state index in [0.29, 0.717) is 32.6 Å². The molecule has 1 fully saturated rings. The molecule has 0 spiro atoms. The van der Waals surface area contributed by atoms with E-state index in [2.05, 4.69) is 9.88 Å². The van der Waals surface area contributed by atoms with Crippen molar-refractivity contribution in [3.05, 3.63) is 46.3 Å². The zero-order valence-electron chi connectivity index (χ0n) is 12.5. The number of pyridine rings is 1. The number of carbonyl (C=O) groups excluding carboxylic acids is 1. The number of amides is 1. The van der Waals surface area contributed by atoms with Crippen molar-refractivity contribution in [1.82, 2.24) is 9.88 Å². The van der Waals surface area contributed by atoms with Gasteiger partial charge in [0.2, 0.25) is 5.91 Å². The second kappa shape index (κ2) is 6.78. The first-order valence-corrected chi connectivity index (χ1v) is 8.26. The summed E-state index contributed by atoms with van der Waals surface area (Å²) in [5.41, 5.74) is 0.179. The average molecular weight is 331 g/mol. The van der Waals surface area contributed by atoms with Crippen LogP contribution in [0.4, 0.5) is 5.82 Å². The van der Waals surface area contributed by atoms with Crippen molar-refractivity contribution in [1.29, 1.82) is 0 Å². The number of thiophene rings is 1. The van der Waals surface area contributed by atoms with E-state index in [4.69, 9.17) is 5.11 Å². The van der Waals surface area contributed by atoms with Crippen LogP contribution in [0.2, 0.25) is 0 Å². The number of hydrogen-bond donors (Lipinski definition) is 1. The fraction of sp³-hybridized carbons (Fsp3) is 0.312. The van der Waals surface area contributed by atoms with Crippen molar-refractivity contribution in [2.75, 3.05) is 31.1 Å². The maximum absolute atomic E-state index is 12.3. The lowest BCUT2D eigenvalue weighted by atomic mass is 10.2. The van der Waals surface area contributed by atoms with Gasteiger partial charge in [-0.2, -0.15) is 0 Å². The van der Waals surface area contributed by atoms with Crippen molar-refractivity contribution in [3.63, 3.8) is 0 Å². The molecule has 120 valence electrons. The van der Waals surface area contributed by atoms with Crippen LogP contribution in [0.1, 0.15) is 15.2 Å². The van der Waals surface area contributed by atoms with Gasteiger partial charge in [0.25, 0.3) is 0 Å². The smallest absolute Gasteiger partial charge is 0.337 e. The topological polar surface area (TPSA) is 73.7 Å². The molecule has 3 rings (SSSR count). The van der Waals surface area contributed by atoms with E-state index in [-0.39, 0.29) is 11.5 Å². The minimum atomic E-state index is -0.979. The number of carboxylic acid groups (broad SMARTS) is 1. The number of nitrogens with zero attached hydrogens (tertiary/aromatic N) is 3. The van der Waals surface area contributed by atoms with E-state index < -0.39 is 5.97 Å². The lowest BCUT2D eigenvalue weighted by Gasteiger charge is -2.35. The van der Waals surface area contributed by atoms with Crippen molar-refractivity contribution < 1.29 is 14.7 Å². The van der Waals surface area contributed by atoms with E-state index in [1.54, 1.807) is 23.5 Å². The summed E-state index contributed by atoms with van der Waals surface area (Å²) in [7, 11) is 0. The van der Waals surface area contributed by atoms with Crippen molar-refractivity contribution >= 4 is 29.0 Å². The van der Waals surface area contributed by atoms with Gasteiger partial charge in [0, 0.05) is 37.3 Å². The van der Waals surface area contributed by atoms with Crippen LogP contribution in [0.5, 0.6) is 0 Å². The number of carbonyl (C=O) groups is 2. The Hall–Kier alpha value is -2.41. The Balaban J connectivity index is 1.55. The van der Waals surface area contributed by atoms with Gasteiger partial charge in [0.05, 0.1) is 12.0 Å². The SMILES string of the molecule is O=C(O)c1ccc(N2CCN(C(=O)Cc3cccs3)CC2)nc1. The fourth-order valence-electron chi connectivity index (χ4n) is 2.56. The zero-order valence-corrected chi connectivity index (χ0v) is 13.3. The summed E-state index contributed by atoms with van der Waals surface area (Å²) in [6.07, 6.45) is 1.83. The summed E-state index contributed by atoms with van der Waals surface area (Å²) < 4.78 is 0. The summed E-state index contributed by atoms with van der Waals surface area (Å²) in [6.45, 7) is 2.73. The van der Waals surface area contributed by atoms with Crippen molar-refractivity contribution in [2.45, 2.75) is 6.42 Å². The quantitative estimate of drug-likeness (QED) is 0.924. The average Bonchev–Trinajstić information content (AvgIpc) is 3.08. The number of piperazine rings is 1. The fourth-order valence-corrected chi connectivity index (χ4v) is 3.25. The molecule has 0 saturated carbocycles. The maximum Gasteiger partial charge on any atom is 0.337 e. The van der Waals surface area contributed by atoms with Gasteiger partial charge in [-0.25, -0.2) is 9.78 Å². The maximum atomic E-state index is 12.3. The number of hydrogen-bond acceptors (Lipinski definition) is 5. The molecule has 7 heteroatoms. The first-order chi connectivity index (χ1) is 11.1. The van der Waals surface area contributed by atoms with Crippen molar-refractivity contribution in [2.24, 2.45) is 0 Å². The standard InChI is InChI=1S/C16H17N3O3S/c20-15(10-13-2-1-9-23-13)19-7-5-18(6-8-19)14-4-3-12(11-17-14)16(21)22/h1-4,9,11H,5-8,10H2,(H,21,22). The first kappa shape index (κ1) is 15.5. The Labute approximate surface area is 138 Å². The Morgan fingerprint density at radius 2 is 1.96 bits per heavy atom. The molecule has 1 aliphatic rings. The second-order valence-corrected chi connectivity index (χ2v) is 6.37. The predicted octanol–water partition coefficient (Wildman–Crippen LogP) is 1.73. The highest BCUT2D eigenvalue weighted by molar-refractivity contribution is 7.10. The summed E-state index contributed by atoms with van der Waals surface area (Å²) >= 11 is 1.60. The molecular formula is C16H17N3O3S. The van der Waals surface area contributed by atoms with Crippen LogP contribution in [0.3, 0.4) is 0 Å². The van der Waals surface area contributed by atoms with Crippen LogP contribution < -0.4 is 4.90 Å². The number of anilines is 1. The van der Waals surface area contributed by atoms with E-state index in [0.717, 1.165) is 10.7 Å². The Kier molecular flexibility index (Phi) is 4.57.